The van der Waals surface area contributed by atoms with Crippen molar-refractivity contribution in [2.24, 2.45) is 0 Å². The van der Waals surface area contributed by atoms with E-state index in [1.165, 1.54) is 27.7 Å². The quantitative estimate of drug-likeness (QED) is 0.244. The van der Waals surface area contributed by atoms with E-state index in [4.69, 9.17) is 4.98 Å². The molecule has 1 saturated carbocycles. The third-order valence-electron chi connectivity index (χ3n) is 8.72. The molecule has 0 saturated heterocycles. The van der Waals surface area contributed by atoms with Gasteiger partial charge in [0.2, 0.25) is 5.91 Å². The number of carbonyl (C=O) groups excluding carboxylic acids is 1. The highest BCUT2D eigenvalue weighted by Crippen LogP contribution is 2.41. The molecule has 5 aromatic rings. The number of nitrogens with zero attached hydrogens (tertiary/aromatic N) is 2. The van der Waals surface area contributed by atoms with Crippen LogP contribution >= 0.6 is 0 Å². The number of para-hydroxylation sites is 1. The van der Waals surface area contributed by atoms with Crippen LogP contribution in [0.25, 0.3) is 16.6 Å². The molecule has 5 heteroatoms. The molecule has 0 unspecified atom stereocenters. The molecule has 3 aromatic carbocycles. The van der Waals surface area contributed by atoms with Gasteiger partial charge in [0.15, 0.2) is 0 Å². The number of amides is 1. The second kappa shape index (κ2) is 10.9. The topological polar surface area (TPSA) is 66.6 Å². The van der Waals surface area contributed by atoms with Crippen molar-refractivity contribution in [2.75, 3.05) is 6.61 Å². The first-order valence-electron chi connectivity index (χ1n) is 14.4. The minimum atomic E-state index is -0.579. The van der Waals surface area contributed by atoms with Crippen molar-refractivity contribution in [3.05, 3.63) is 119 Å². The fourth-order valence-electron chi connectivity index (χ4n) is 6.67. The summed E-state index contributed by atoms with van der Waals surface area (Å²) in [6.07, 6.45) is 5.61. The Kier molecular flexibility index (Phi) is 7.16. The number of aliphatic hydroxyl groups is 1. The van der Waals surface area contributed by atoms with Crippen molar-refractivity contribution in [1.82, 2.24) is 14.7 Å². The van der Waals surface area contributed by atoms with E-state index in [-0.39, 0.29) is 12.5 Å². The molecule has 1 aliphatic carbocycles. The Morgan fingerprint density at radius 1 is 0.950 bits per heavy atom. The summed E-state index contributed by atoms with van der Waals surface area (Å²) in [6.45, 7) is 4.06. The first-order valence-corrected chi connectivity index (χ1v) is 14.4. The van der Waals surface area contributed by atoms with Crippen LogP contribution in [0.15, 0.2) is 84.9 Å². The first kappa shape index (κ1) is 26.3. The highest BCUT2D eigenvalue weighted by molar-refractivity contribution is 5.92. The number of benzene rings is 3. The summed E-state index contributed by atoms with van der Waals surface area (Å²) in [6, 6.07) is 28.7. The number of rotatable bonds is 7. The predicted octanol–water partition coefficient (Wildman–Crippen LogP) is 6.75. The Balaban J connectivity index is 1.32. The summed E-state index contributed by atoms with van der Waals surface area (Å²) in [5.41, 5.74) is 8.24. The fraction of sp³-hybridized carbons (Fsp3) is 0.314. The fourth-order valence-corrected chi connectivity index (χ4v) is 6.67. The number of fused-ring (bicyclic) bond motifs is 3. The van der Waals surface area contributed by atoms with E-state index in [0.29, 0.717) is 0 Å². The average molecular weight is 532 g/mol. The van der Waals surface area contributed by atoms with Gasteiger partial charge in [0.25, 0.3) is 0 Å². The van der Waals surface area contributed by atoms with Gasteiger partial charge in [0, 0.05) is 28.8 Å². The maximum Gasteiger partial charge on any atom is 0.231 e. The average Bonchev–Trinajstić information content (AvgIpc) is 3.30. The molecule has 5 nitrogen and oxygen atoms in total. The van der Waals surface area contributed by atoms with Gasteiger partial charge in [0.05, 0.1) is 23.6 Å². The maximum atomic E-state index is 13.9. The Morgan fingerprint density at radius 3 is 2.38 bits per heavy atom. The van der Waals surface area contributed by atoms with E-state index >= 15 is 0 Å². The van der Waals surface area contributed by atoms with Crippen molar-refractivity contribution >= 4 is 22.5 Å². The molecule has 2 heterocycles. The van der Waals surface area contributed by atoms with Crippen LogP contribution in [-0.2, 0) is 16.6 Å². The smallest absolute Gasteiger partial charge is 0.231 e. The molecule has 6 rings (SSSR count). The van der Waals surface area contributed by atoms with Gasteiger partial charge in [-0.3, -0.25) is 9.20 Å². The summed E-state index contributed by atoms with van der Waals surface area (Å²) in [5, 5.41) is 14.5. The number of nitrogens with one attached hydrogen (secondary N) is 1. The van der Waals surface area contributed by atoms with Crippen molar-refractivity contribution < 1.29 is 9.90 Å². The van der Waals surface area contributed by atoms with Gasteiger partial charge in [-0.25, -0.2) is 4.98 Å². The molecule has 204 valence electrons. The Hall–Kier alpha value is -3.96. The predicted molar refractivity (Wildman–Crippen MR) is 161 cm³/mol. The Morgan fingerprint density at radius 2 is 1.65 bits per heavy atom. The minimum absolute atomic E-state index is 0.0161. The lowest BCUT2D eigenvalue weighted by atomic mass is 9.68. The number of aryl methyl sites for hydroxylation is 2. The summed E-state index contributed by atoms with van der Waals surface area (Å²) in [7, 11) is 0. The Labute approximate surface area is 235 Å². The molecule has 1 amide bonds. The molecular weight excluding hydrogens is 494 g/mol. The molecular formula is C35H37N3O2. The van der Waals surface area contributed by atoms with Gasteiger partial charge in [-0.1, -0.05) is 92.1 Å². The third kappa shape index (κ3) is 4.69. The van der Waals surface area contributed by atoms with Gasteiger partial charge in [-0.05, 0) is 55.5 Å². The second-order valence-electron chi connectivity index (χ2n) is 11.3. The summed E-state index contributed by atoms with van der Waals surface area (Å²) in [4.78, 5) is 18.9. The van der Waals surface area contributed by atoms with Crippen LogP contribution in [0.4, 0.5) is 0 Å². The normalized spacial score (nSPS) is 15.8. The number of hydrogen-bond donors (Lipinski definition) is 2. The van der Waals surface area contributed by atoms with Crippen molar-refractivity contribution in [2.45, 2.75) is 63.8 Å². The maximum absolute atomic E-state index is 13.9. The zero-order chi connectivity index (χ0) is 27.7. The monoisotopic (exact) mass is 531 g/mol. The van der Waals surface area contributed by atoms with Gasteiger partial charge in [-0.2, -0.15) is 0 Å². The molecule has 1 atom stereocenters. The summed E-state index contributed by atoms with van der Waals surface area (Å²) < 4.78 is 2.26. The van der Waals surface area contributed by atoms with Crippen LogP contribution in [0.2, 0.25) is 0 Å². The molecule has 0 aliphatic heterocycles. The lowest BCUT2D eigenvalue weighted by Crippen LogP contribution is -2.47. The van der Waals surface area contributed by atoms with Gasteiger partial charge in [0.1, 0.15) is 5.65 Å². The van der Waals surface area contributed by atoms with E-state index in [9.17, 15) is 9.90 Å². The van der Waals surface area contributed by atoms with E-state index in [2.05, 4.69) is 78.2 Å². The largest absolute Gasteiger partial charge is 0.394 e. The number of hydrogen-bond acceptors (Lipinski definition) is 3. The van der Waals surface area contributed by atoms with Crippen LogP contribution < -0.4 is 5.32 Å². The van der Waals surface area contributed by atoms with Crippen molar-refractivity contribution in [3.8, 4) is 0 Å². The SMILES string of the molecule is Cc1cc(C)n2c(n1)c(Cc1ccc(C3(C(=O)N[C@@H](CO)c4ccccc4)CCCCC3)cc1)c1ccccc12. The molecule has 0 radical (unpaired) electrons. The lowest BCUT2D eigenvalue weighted by Gasteiger charge is -2.37. The second-order valence-corrected chi connectivity index (χ2v) is 11.3. The first-order chi connectivity index (χ1) is 19.5. The number of carbonyl (C=O) groups is 1. The minimum Gasteiger partial charge on any atom is -0.394 e. The molecule has 40 heavy (non-hydrogen) atoms. The molecule has 2 N–H and O–H groups in total. The van der Waals surface area contributed by atoms with Gasteiger partial charge < -0.3 is 10.4 Å². The van der Waals surface area contributed by atoms with Crippen LogP contribution in [0.1, 0.15) is 71.8 Å². The molecule has 1 fully saturated rings. The van der Waals surface area contributed by atoms with E-state index in [1.807, 2.05) is 30.3 Å². The van der Waals surface area contributed by atoms with Crippen LogP contribution in [0.5, 0.6) is 0 Å². The Bertz CT molecular complexity index is 1650. The van der Waals surface area contributed by atoms with Crippen LogP contribution in [0.3, 0.4) is 0 Å². The van der Waals surface area contributed by atoms with Gasteiger partial charge >= 0.3 is 0 Å². The van der Waals surface area contributed by atoms with Crippen molar-refractivity contribution in [1.29, 1.82) is 0 Å². The summed E-state index contributed by atoms with van der Waals surface area (Å²) in [5.74, 6) is 0.0161. The highest BCUT2D eigenvalue weighted by Gasteiger charge is 2.41. The zero-order valence-corrected chi connectivity index (χ0v) is 23.4. The van der Waals surface area contributed by atoms with Crippen LogP contribution in [-0.4, -0.2) is 27.0 Å². The molecule has 0 bridgehead atoms. The third-order valence-corrected chi connectivity index (χ3v) is 8.72. The standard InChI is InChI=1S/C35H37N3O2/c1-24-21-25(2)38-32-14-8-7-13-29(32)30(33(38)36-24)22-26-15-17-28(18-16-26)35(19-9-4-10-20-35)34(40)37-31(23-39)27-11-5-3-6-12-27/h3,5-8,11-18,21,31,39H,4,9-10,19-20,22-23H2,1-2H3,(H,37,40)/t31-/m0/s1. The molecule has 0 spiro atoms. The zero-order valence-electron chi connectivity index (χ0n) is 23.4. The van der Waals surface area contributed by atoms with Crippen molar-refractivity contribution in [3.63, 3.8) is 0 Å². The highest BCUT2D eigenvalue weighted by atomic mass is 16.3. The summed E-state index contributed by atoms with van der Waals surface area (Å²) >= 11 is 0. The number of aliphatic hydroxyl groups excluding tert-OH is 1. The number of aromatic nitrogens is 2. The van der Waals surface area contributed by atoms with E-state index in [0.717, 1.165) is 61.0 Å². The van der Waals surface area contributed by atoms with E-state index in [1.54, 1.807) is 0 Å². The molecule has 1 aliphatic rings. The van der Waals surface area contributed by atoms with Gasteiger partial charge in [-0.15, -0.1) is 0 Å². The lowest BCUT2D eigenvalue weighted by molar-refractivity contribution is -0.129. The van der Waals surface area contributed by atoms with E-state index < -0.39 is 11.5 Å². The molecule has 2 aromatic heterocycles. The van der Waals surface area contributed by atoms with Crippen LogP contribution in [0, 0.1) is 13.8 Å².